The zero-order valence-corrected chi connectivity index (χ0v) is 11.6. The number of nitrogens with zero attached hydrogens (tertiary/aromatic N) is 2. The fourth-order valence-electron chi connectivity index (χ4n) is 2.23. The quantitative estimate of drug-likeness (QED) is 0.683. The number of aryl methyl sites for hydroxylation is 2. The molecule has 3 nitrogen and oxygen atoms in total. The number of aromatic nitrogens is 2. The molecule has 2 aromatic carbocycles. The Bertz CT molecular complexity index is 754. The molecule has 3 rings (SSSR count). The van der Waals surface area contributed by atoms with Crippen molar-refractivity contribution in [1.82, 2.24) is 9.55 Å². The summed E-state index contributed by atoms with van der Waals surface area (Å²) in [5.41, 5.74) is 11.9. The van der Waals surface area contributed by atoms with Crippen LogP contribution in [0.15, 0.2) is 36.7 Å². The molecule has 0 saturated heterocycles. The highest BCUT2D eigenvalue weighted by Gasteiger charge is 2.11. The molecular formula is C15H14ClN3. The lowest BCUT2D eigenvalue weighted by atomic mass is 10.1. The van der Waals surface area contributed by atoms with Gasteiger partial charge < -0.3 is 5.73 Å². The van der Waals surface area contributed by atoms with E-state index in [1.807, 2.05) is 22.8 Å². The normalized spacial score (nSPS) is 11.1. The lowest BCUT2D eigenvalue weighted by Crippen LogP contribution is -1.99. The van der Waals surface area contributed by atoms with Gasteiger partial charge in [-0.25, -0.2) is 4.98 Å². The summed E-state index contributed by atoms with van der Waals surface area (Å²) in [7, 11) is 0. The van der Waals surface area contributed by atoms with Crippen LogP contribution < -0.4 is 5.73 Å². The van der Waals surface area contributed by atoms with E-state index in [2.05, 4.69) is 31.0 Å². The lowest BCUT2D eigenvalue weighted by molar-refractivity contribution is 1.09. The fourth-order valence-corrected chi connectivity index (χ4v) is 2.50. The van der Waals surface area contributed by atoms with E-state index >= 15 is 0 Å². The molecule has 2 N–H and O–H groups in total. The zero-order chi connectivity index (χ0) is 13.6. The summed E-state index contributed by atoms with van der Waals surface area (Å²) in [5.74, 6) is 0. The molecule has 19 heavy (non-hydrogen) atoms. The molecule has 0 aliphatic rings. The minimum Gasteiger partial charge on any atom is -0.397 e. The maximum atomic E-state index is 6.26. The SMILES string of the molecule is Cc1cc2ncn(-c3c(N)cccc3Cl)c2cc1C. The van der Waals surface area contributed by atoms with Gasteiger partial charge in [0.25, 0.3) is 0 Å². The molecule has 0 fully saturated rings. The third kappa shape index (κ3) is 1.87. The smallest absolute Gasteiger partial charge is 0.101 e. The minimum absolute atomic E-state index is 0.623. The van der Waals surface area contributed by atoms with Gasteiger partial charge >= 0.3 is 0 Å². The van der Waals surface area contributed by atoms with Gasteiger partial charge in [0, 0.05) is 0 Å². The molecule has 4 heteroatoms. The van der Waals surface area contributed by atoms with Crippen LogP contribution in [0.5, 0.6) is 0 Å². The van der Waals surface area contributed by atoms with E-state index in [1.54, 1.807) is 6.33 Å². The fraction of sp³-hybridized carbons (Fsp3) is 0.133. The van der Waals surface area contributed by atoms with Gasteiger partial charge in [-0.3, -0.25) is 4.57 Å². The van der Waals surface area contributed by atoms with Crippen molar-refractivity contribution in [2.24, 2.45) is 0 Å². The standard InChI is InChI=1S/C15H14ClN3/c1-9-6-13-14(7-10(9)2)19(8-18-13)15-11(16)4-3-5-12(15)17/h3-8H,17H2,1-2H3. The van der Waals surface area contributed by atoms with Crippen molar-refractivity contribution in [3.8, 4) is 5.69 Å². The lowest BCUT2D eigenvalue weighted by Gasteiger charge is -2.10. The number of nitrogen functional groups attached to an aromatic ring is 1. The van der Waals surface area contributed by atoms with E-state index in [4.69, 9.17) is 17.3 Å². The second-order valence-corrected chi connectivity index (χ2v) is 5.12. The van der Waals surface area contributed by atoms with E-state index in [1.165, 1.54) is 11.1 Å². The van der Waals surface area contributed by atoms with E-state index in [-0.39, 0.29) is 0 Å². The second kappa shape index (κ2) is 4.28. The molecule has 0 radical (unpaired) electrons. The zero-order valence-electron chi connectivity index (χ0n) is 10.8. The van der Waals surface area contributed by atoms with Crippen LogP contribution in [0.1, 0.15) is 11.1 Å². The third-order valence-electron chi connectivity index (χ3n) is 3.42. The van der Waals surface area contributed by atoms with Crippen LogP contribution in [0.2, 0.25) is 5.02 Å². The first-order valence-corrected chi connectivity index (χ1v) is 6.44. The molecule has 3 aromatic rings. The monoisotopic (exact) mass is 271 g/mol. The van der Waals surface area contributed by atoms with E-state index < -0.39 is 0 Å². The molecule has 0 saturated carbocycles. The van der Waals surface area contributed by atoms with Gasteiger partial charge in [-0.05, 0) is 49.2 Å². The first-order chi connectivity index (χ1) is 9.08. The highest BCUT2D eigenvalue weighted by atomic mass is 35.5. The molecule has 0 unspecified atom stereocenters. The summed E-state index contributed by atoms with van der Waals surface area (Å²) in [6.07, 6.45) is 1.76. The van der Waals surface area contributed by atoms with Crippen molar-refractivity contribution in [3.63, 3.8) is 0 Å². The largest absolute Gasteiger partial charge is 0.397 e. The van der Waals surface area contributed by atoms with Crippen molar-refractivity contribution >= 4 is 28.3 Å². The number of anilines is 1. The molecule has 1 heterocycles. The average Bonchev–Trinajstić information content (AvgIpc) is 2.73. The molecule has 0 spiro atoms. The molecule has 1 aromatic heterocycles. The maximum absolute atomic E-state index is 6.26. The predicted molar refractivity (Wildman–Crippen MR) is 80.0 cm³/mol. The van der Waals surface area contributed by atoms with Crippen LogP contribution >= 0.6 is 11.6 Å². The Hall–Kier alpha value is -2.00. The first kappa shape index (κ1) is 12.1. The topological polar surface area (TPSA) is 43.8 Å². The van der Waals surface area contributed by atoms with Gasteiger partial charge in [-0.2, -0.15) is 0 Å². The van der Waals surface area contributed by atoms with Gasteiger partial charge in [-0.1, -0.05) is 17.7 Å². The van der Waals surface area contributed by atoms with Gasteiger partial charge in [0.2, 0.25) is 0 Å². The number of fused-ring (bicyclic) bond motifs is 1. The van der Waals surface area contributed by atoms with Crippen molar-refractivity contribution < 1.29 is 0 Å². The van der Waals surface area contributed by atoms with E-state index in [0.29, 0.717) is 10.7 Å². The molecular weight excluding hydrogens is 258 g/mol. The van der Waals surface area contributed by atoms with Gasteiger partial charge in [0.1, 0.15) is 6.33 Å². The van der Waals surface area contributed by atoms with Crippen molar-refractivity contribution in [2.75, 3.05) is 5.73 Å². The Morgan fingerprint density at radius 2 is 1.89 bits per heavy atom. The van der Waals surface area contributed by atoms with Gasteiger partial charge in [-0.15, -0.1) is 0 Å². The molecule has 0 aliphatic carbocycles. The highest BCUT2D eigenvalue weighted by Crippen LogP contribution is 2.30. The van der Waals surface area contributed by atoms with Crippen molar-refractivity contribution in [1.29, 1.82) is 0 Å². The molecule has 96 valence electrons. The number of halogens is 1. The number of nitrogens with two attached hydrogens (primary N) is 1. The Balaban J connectivity index is 2.35. The summed E-state index contributed by atoms with van der Waals surface area (Å²) >= 11 is 6.26. The summed E-state index contributed by atoms with van der Waals surface area (Å²) in [6, 6.07) is 9.71. The number of benzene rings is 2. The van der Waals surface area contributed by atoms with Crippen molar-refractivity contribution in [2.45, 2.75) is 13.8 Å². The van der Waals surface area contributed by atoms with Crippen LogP contribution in [0.25, 0.3) is 16.7 Å². The molecule has 0 amide bonds. The number of rotatable bonds is 1. The number of hydrogen-bond donors (Lipinski definition) is 1. The number of imidazole rings is 1. The maximum Gasteiger partial charge on any atom is 0.101 e. The first-order valence-electron chi connectivity index (χ1n) is 6.06. The van der Waals surface area contributed by atoms with Crippen LogP contribution in [-0.2, 0) is 0 Å². The number of hydrogen-bond acceptors (Lipinski definition) is 2. The summed E-state index contributed by atoms with van der Waals surface area (Å²) in [5, 5.41) is 0.623. The van der Waals surface area contributed by atoms with Crippen LogP contribution in [-0.4, -0.2) is 9.55 Å². The highest BCUT2D eigenvalue weighted by molar-refractivity contribution is 6.33. The summed E-state index contributed by atoms with van der Waals surface area (Å²) in [6.45, 7) is 4.17. The second-order valence-electron chi connectivity index (χ2n) is 4.72. The van der Waals surface area contributed by atoms with Crippen LogP contribution in [0.4, 0.5) is 5.69 Å². The Morgan fingerprint density at radius 3 is 2.63 bits per heavy atom. The van der Waals surface area contributed by atoms with E-state index in [0.717, 1.165) is 16.7 Å². The molecule has 0 atom stereocenters. The molecule has 0 bridgehead atoms. The summed E-state index contributed by atoms with van der Waals surface area (Å²) < 4.78 is 1.94. The Labute approximate surface area is 116 Å². The van der Waals surface area contributed by atoms with Crippen LogP contribution in [0, 0.1) is 13.8 Å². The van der Waals surface area contributed by atoms with E-state index in [9.17, 15) is 0 Å². The molecule has 0 aliphatic heterocycles. The van der Waals surface area contributed by atoms with Gasteiger partial charge in [0.05, 0.1) is 27.4 Å². The predicted octanol–water partition coefficient (Wildman–Crippen LogP) is 3.88. The third-order valence-corrected chi connectivity index (χ3v) is 3.73. The van der Waals surface area contributed by atoms with Gasteiger partial charge in [0.15, 0.2) is 0 Å². The van der Waals surface area contributed by atoms with Crippen LogP contribution in [0.3, 0.4) is 0 Å². The Morgan fingerprint density at radius 1 is 1.16 bits per heavy atom. The minimum atomic E-state index is 0.623. The van der Waals surface area contributed by atoms with Crippen molar-refractivity contribution in [3.05, 3.63) is 52.8 Å². The Kier molecular flexibility index (Phi) is 2.72. The number of para-hydroxylation sites is 1. The summed E-state index contributed by atoms with van der Waals surface area (Å²) in [4.78, 5) is 4.43. The average molecular weight is 272 g/mol.